The molecule has 1 aromatic heterocycles. The van der Waals surface area contributed by atoms with E-state index in [1.165, 1.54) is 5.56 Å². The summed E-state index contributed by atoms with van der Waals surface area (Å²) < 4.78 is 0. The molecule has 3 rings (SSSR count). The van der Waals surface area contributed by atoms with Gasteiger partial charge in [-0.2, -0.15) is 0 Å². The van der Waals surface area contributed by atoms with Crippen molar-refractivity contribution in [1.82, 2.24) is 9.97 Å². The van der Waals surface area contributed by atoms with Crippen LogP contribution >= 0.6 is 0 Å². The third kappa shape index (κ3) is 2.27. The molecule has 2 N–H and O–H groups in total. The van der Waals surface area contributed by atoms with Crippen molar-refractivity contribution in [3.05, 3.63) is 48.0 Å². The van der Waals surface area contributed by atoms with E-state index in [-0.39, 0.29) is 11.2 Å². The van der Waals surface area contributed by atoms with Gasteiger partial charge in [0.1, 0.15) is 11.6 Å². The van der Waals surface area contributed by atoms with Crippen LogP contribution in [0.25, 0.3) is 22.4 Å². The third-order valence-corrected chi connectivity index (χ3v) is 3.47. The van der Waals surface area contributed by atoms with E-state index in [0.29, 0.717) is 0 Å². The molecule has 3 aromatic rings. The Balaban J connectivity index is 2.11. The van der Waals surface area contributed by atoms with Crippen molar-refractivity contribution in [3.63, 3.8) is 0 Å². The molecule has 0 aliphatic carbocycles. The fourth-order valence-electron chi connectivity index (χ4n) is 2.27. The van der Waals surface area contributed by atoms with Gasteiger partial charge in [0.05, 0.1) is 11.0 Å². The summed E-state index contributed by atoms with van der Waals surface area (Å²) in [7, 11) is 0. The van der Waals surface area contributed by atoms with Crippen LogP contribution in [0.15, 0.2) is 42.5 Å². The smallest absolute Gasteiger partial charge is 0.138 e. The Morgan fingerprint density at radius 2 is 1.85 bits per heavy atom. The van der Waals surface area contributed by atoms with Gasteiger partial charge in [-0.15, -0.1) is 0 Å². The van der Waals surface area contributed by atoms with Crippen LogP contribution in [0.3, 0.4) is 0 Å². The zero-order valence-electron chi connectivity index (χ0n) is 11.9. The van der Waals surface area contributed by atoms with E-state index in [0.717, 1.165) is 22.4 Å². The lowest BCUT2D eigenvalue weighted by Crippen LogP contribution is -2.10. The number of aromatic hydroxyl groups is 1. The Labute approximate surface area is 118 Å². The summed E-state index contributed by atoms with van der Waals surface area (Å²) in [6, 6.07) is 13.6. The lowest BCUT2D eigenvalue weighted by atomic mass is 9.86. The Morgan fingerprint density at radius 1 is 1.05 bits per heavy atom. The van der Waals surface area contributed by atoms with Crippen LogP contribution in [0.5, 0.6) is 5.75 Å². The van der Waals surface area contributed by atoms with Crippen molar-refractivity contribution in [2.75, 3.05) is 0 Å². The van der Waals surface area contributed by atoms with Gasteiger partial charge in [0.15, 0.2) is 0 Å². The van der Waals surface area contributed by atoms with Crippen molar-refractivity contribution >= 4 is 11.0 Å². The maximum atomic E-state index is 9.51. The molecule has 1 heterocycles. The molecule has 0 aliphatic rings. The highest BCUT2D eigenvalue weighted by Gasteiger charge is 2.15. The van der Waals surface area contributed by atoms with Gasteiger partial charge in [-0.25, -0.2) is 4.98 Å². The second-order valence-corrected chi connectivity index (χ2v) is 6.12. The molecule has 0 fully saturated rings. The molecular weight excluding hydrogens is 248 g/mol. The summed E-state index contributed by atoms with van der Waals surface area (Å²) in [4.78, 5) is 7.84. The number of hydrogen-bond acceptors (Lipinski definition) is 2. The molecule has 3 nitrogen and oxygen atoms in total. The van der Waals surface area contributed by atoms with E-state index in [2.05, 4.69) is 48.9 Å². The van der Waals surface area contributed by atoms with Gasteiger partial charge in [0.25, 0.3) is 0 Å². The SMILES string of the molecule is CC(C)(C)c1cccc(-c2nc3ccc(O)cc3[nH]2)c1. The fraction of sp³-hybridized carbons (Fsp3) is 0.235. The maximum Gasteiger partial charge on any atom is 0.138 e. The number of imidazole rings is 1. The summed E-state index contributed by atoms with van der Waals surface area (Å²) in [6.07, 6.45) is 0. The molecular formula is C17H18N2O. The monoisotopic (exact) mass is 266 g/mol. The molecule has 20 heavy (non-hydrogen) atoms. The van der Waals surface area contributed by atoms with E-state index >= 15 is 0 Å². The summed E-state index contributed by atoms with van der Waals surface area (Å²) in [6.45, 7) is 6.59. The number of rotatable bonds is 1. The standard InChI is InChI=1S/C17H18N2O/c1-17(2,3)12-6-4-5-11(9-12)16-18-14-8-7-13(20)10-15(14)19-16/h4-10,20H,1-3H3,(H,18,19). The molecule has 102 valence electrons. The number of benzene rings is 2. The molecule has 0 atom stereocenters. The highest BCUT2D eigenvalue weighted by atomic mass is 16.3. The number of hydrogen-bond donors (Lipinski definition) is 2. The normalized spacial score (nSPS) is 11.9. The van der Waals surface area contributed by atoms with Crippen molar-refractivity contribution in [1.29, 1.82) is 0 Å². The molecule has 0 saturated heterocycles. The number of phenolic OH excluding ortho intramolecular Hbond substituents is 1. The first kappa shape index (κ1) is 12.7. The summed E-state index contributed by atoms with van der Waals surface area (Å²) >= 11 is 0. The quantitative estimate of drug-likeness (QED) is 0.692. The van der Waals surface area contributed by atoms with Gasteiger partial charge in [0.2, 0.25) is 0 Å². The van der Waals surface area contributed by atoms with E-state index in [4.69, 9.17) is 0 Å². The number of aromatic nitrogens is 2. The van der Waals surface area contributed by atoms with Crippen LogP contribution in [0.4, 0.5) is 0 Å². The van der Waals surface area contributed by atoms with Gasteiger partial charge in [-0.3, -0.25) is 0 Å². The van der Waals surface area contributed by atoms with Crippen molar-refractivity contribution in [2.45, 2.75) is 26.2 Å². The van der Waals surface area contributed by atoms with Gasteiger partial charge < -0.3 is 10.1 Å². The van der Waals surface area contributed by atoms with Gasteiger partial charge >= 0.3 is 0 Å². The highest BCUT2D eigenvalue weighted by Crippen LogP contribution is 2.28. The van der Waals surface area contributed by atoms with Gasteiger partial charge in [0, 0.05) is 11.6 Å². The molecule has 2 aromatic carbocycles. The van der Waals surface area contributed by atoms with Crippen molar-refractivity contribution < 1.29 is 5.11 Å². The number of nitrogens with zero attached hydrogens (tertiary/aromatic N) is 1. The van der Waals surface area contributed by atoms with Crippen LogP contribution in [-0.2, 0) is 5.41 Å². The molecule has 0 spiro atoms. The van der Waals surface area contributed by atoms with Gasteiger partial charge in [-0.05, 0) is 29.2 Å². The Morgan fingerprint density at radius 3 is 2.60 bits per heavy atom. The van der Waals surface area contributed by atoms with E-state index in [1.807, 2.05) is 12.1 Å². The minimum absolute atomic E-state index is 0.111. The largest absolute Gasteiger partial charge is 0.508 e. The first-order valence-corrected chi connectivity index (χ1v) is 6.73. The molecule has 3 heteroatoms. The van der Waals surface area contributed by atoms with Gasteiger partial charge in [-0.1, -0.05) is 39.0 Å². The molecule has 0 aliphatic heterocycles. The maximum absolute atomic E-state index is 9.51. The lowest BCUT2D eigenvalue weighted by Gasteiger charge is -2.19. The third-order valence-electron chi connectivity index (χ3n) is 3.47. The Hall–Kier alpha value is -2.29. The number of H-pyrrole nitrogens is 1. The topological polar surface area (TPSA) is 48.9 Å². The predicted molar refractivity (Wildman–Crippen MR) is 81.9 cm³/mol. The predicted octanol–water partition coefficient (Wildman–Crippen LogP) is 4.23. The van der Waals surface area contributed by atoms with E-state index in [1.54, 1.807) is 12.1 Å². The Bertz CT molecular complexity index is 766. The van der Waals surface area contributed by atoms with E-state index in [9.17, 15) is 5.11 Å². The van der Waals surface area contributed by atoms with Crippen LogP contribution in [-0.4, -0.2) is 15.1 Å². The average Bonchev–Trinajstić information content (AvgIpc) is 2.81. The number of nitrogens with one attached hydrogen (secondary N) is 1. The molecule has 0 radical (unpaired) electrons. The number of aromatic amines is 1. The van der Waals surface area contributed by atoms with Crippen LogP contribution in [0.2, 0.25) is 0 Å². The first-order chi connectivity index (χ1) is 9.43. The number of fused-ring (bicyclic) bond motifs is 1. The summed E-state index contributed by atoms with van der Waals surface area (Å²) in [5.74, 6) is 1.08. The molecule has 0 amide bonds. The Kier molecular flexibility index (Phi) is 2.78. The first-order valence-electron chi connectivity index (χ1n) is 6.73. The fourth-order valence-corrected chi connectivity index (χ4v) is 2.27. The van der Waals surface area contributed by atoms with E-state index < -0.39 is 0 Å². The van der Waals surface area contributed by atoms with Crippen molar-refractivity contribution in [2.24, 2.45) is 0 Å². The number of phenols is 1. The van der Waals surface area contributed by atoms with Crippen LogP contribution < -0.4 is 0 Å². The zero-order valence-corrected chi connectivity index (χ0v) is 11.9. The minimum atomic E-state index is 0.111. The second-order valence-electron chi connectivity index (χ2n) is 6.12. The average molecular weight is 266 g/mol. The molecule has 0 saturated carbocycles. The highest BCUT2D eigenvalue weighted by molar-refractivity contribution is 5.80. The molecule has 0 unspecified atom stereocenters. The van der Waals surface area contributed by atoms with Crippen LogP contribution in [0.1, 0.15) is 26.3 Å². The van der Waals surface area contributed by atoms with Crippen LogP contribution in [0, 0.1) is 0 Å². The lowest BCUT2D eigenvalue weighted by molar-refractivity contribution is 0.476. The van der Waals surface area contributed by atoms with Crippen molar-refractivity contribution in [3.8, 4) is 17.1 Å². The molecule has 0 bridgehead atoms. The summed E-state index contributed by atoms with van der Waals surface area (Å²) in [5.41, 5.74) is 4.16. The zero-order chi connectivity index (χ0) is 14.3. The second kappa shape index (κ2) is 4.37. The summed E-state index contributed by atoms with van der Waals surface area (Å²) in [5, 5.41) is 9.51. The minimum Gasteiger partial charge on any atom is -0.508 e.